The predicted molar refractivity (Wildman–Crippen MR) is 82.7 cm³/mol. The van der Waals surface area contributed by atoms with Crippen LogP contribution in [-0.2, 0) is 6.42 Å². The fourth-order valence-electron chi connectivity index (χ4n) is 2.30. The highest BCUT2D eigenvalue weighted by molar-refractivity contribution is 5.75. The van der Waals surface area contributed by atoms with E-state index in [1.807, 2.05) is 24.3 Å². The molecule has 0 aliphatic carbocycles. The molecule has 0 radical (unpaired) electrons. The van der Waals surface area contributed by atoms with Crippen molar-refractivity contribution in [2.24, 2.45) is 0 Å². The van der Waals surface area contributed by atoms with Crippen LogP contribution in [0.4, 0.5) is 10.2 Å². The van der Waals surface area contributed by atoms with Crippen LogP contribution in [0.5, 0.6) is 0 Å². The summed E-state index contributed by atoms with van der Waals surface area (Å²) >= 11 is 0. The van der Waals surface area contributed by atoms with Crippen molar-refractivity contribution < 1.29 is 4.39 Å². The number of benzene rings is 2. The Morgan fingerprint density at radius 2 is 1.76 bits per heavy atom. The third-order valence-corrected chi connectivity index (χ3v) is 3.30. The number of hydrogen-bond acceptors (Lipinski definition) is 3. The molecule has 3 rings (SSSR count). The van der Waals surface area contributed by atoms with Crippen molar-refractivity contribution in [3.05, 3.63) is 66.1 Å². The SMILES string of the molecule is CC(Cc1ccc(F)cc1)Nc1cnc2ccccc2n1. The van der Waals surface area contributed by atoms with Gasteiger partial charge in [-0.3, -0.25) is 4.98 Å². The van der Waals surface area contributed by atoms with Crippen LogP contribution in [0.3, 0.4) is 0 Å². The van der Waals surface area contributed by atoms with Crippen LogP contribution in [0.25, 0.3) is 11.0 Å². The van der Waals surface area contributed by atoms with Crippen LogP contribution >= 0.6 is 0 Å². The highest BCUT2D eigenvalue weighted by Crippen LogP contribution is 2.13. The lowest BCUT2D eigenvalue weighted by molar-refractivity contribution is 0.626. The first-order chi connectivity index (χ1) is 10.2. The lowest BCUT2D eigenvalue weighted by atomic mass is 10.1. The number of aromatic nitrogens is 2. The van der Waals surface area contributed by atoms with Crippen LogP contribution < -0.4 is 5.32 Å². The van der Waals surface area contributed by atoms with Crippen molar-refractivity contribution >= 4 is 16.9 Å². The maximum absolute atomic E-state index is 12.9. The Hall–Kier alpha value is -2.49. The minimum absolute atomic E-state index is 0.186. The molecule has 1 N–H and O–H groups in total. The molecule has 3 aromatic rings. The Bertz CT molecular complexity index is 740. The molecule has 4 heteroatoms. The highest BCUT2D eigenvalue weighted by Gasteiger charge is 2.06. The van der Waals surface area contributed by atoms with E-state index >= 15 is 0 Å². The van der Waals surface area contributed by atoms with Crippen molar-refractivity contribution in [2.75, 3.05) is 5.32 Å². The zero-order valence-electron chi connectivity index (χ0n) is 11.8. The summed E-state index contributed by atoms with van der Waals surface area (Å²) in [6.07, 6.45) is 2.54. The first-order valence-electron chi connectivity index (χ1n) is 6.93. The number of rotatable bonds is 4. The molecule has 2 aromatic carbocycles. The van der Waals surface area contributed by atoms with Gasteiger partial charge in [0.2, 0.25) is 0 Å². The van der Waals surface area contributed by atoms with Gasteiger partial charge in [0.25, 0.3) is 0 Å². The van der Waals surface area contributed by atoms with Gasteiger partial charge in [0.1, 0.15) is 11.6 Å². The quantitative estimate of drug-likeness (QED) is 0.790. The van der Waals surface area contributed by atoms with Gasteiger partial charge < -0.3 is 5.32 Å². The van der Waals surface area contributed by atoms with Crippen LogP contribution in [0.2, 0.25) is 0 Å². The molecule has 0 saturated heterocycles. The van der Waals surface area contributed by atoms with Crippen LogP contribution in [0, 0.1) is 5.82 Å². The summed E-state index contributed by atoms with van der Waals surface area (Å²) in [5.74, 6) is 0.545. The molecule has 1 heterocycles. The van der Waals surface area contributed by atoms with Crippen molar-refractivity contribution in [1.29, 1.82) is 0 Å². The van der Waals surface area contributed by atoms with Crippen molar-refractivity contribution in [3.63, 3.8) is 0 Å². The zero-order chi connectivity index (χ0) is 14.7. The second-order valence-electron chi connectivity index (χ2n) is 5.12. The fraction of sp³-hybridized carbons (Fsp3) is 0.176. The average Bonchev–Trinajstić information content (AvgIpc) is 2.49. The molecule has 0 saturated carbocycles. The first-order valence-corrected chi connectivity index (χ1v) is 6.93. The van der Waals surface area contributed by atoms with Crippen LogP contribution in [-0.4, -0.2) is 16.0 Å². The van der Waals surface area contributed by atoms with Crippen LogP contribution in [0.15, 0.2) is 54.7 Å². The maximum atomic E-state index is 12.9. The monoisotopic (exact) mass is 281 g/mol. The number of nitrogens with zero attached hydrogens (tertiary/aromatic N) is 2. The minimum atomic E-state index is -0.209. The van der Waals surface area contributed by atoms with E-state index in [0.29, 0.717) is 0 Å². The van der Waals surface area contributed by atoms with E-state index in [-0.39, 0.29) is 11.9 Å². The van der Waals surface area contributed by atoms with Crippen molar-refractivity contribution in [2.45, 2.75) is 19.4 Å². The molecule has 1 aromatic heterocycles. The normalized spacial score (nSPS) is 12.3. The minimum Gasteiger partial charge on any atom is -0.366 e. The molecule has 3 nitrogen and oxygen atoms in total. The van der Waals surface area contributed by atoms with Gasteiger partial charge in [0.05, 0.1) is 17.2 Å². The van der Waals surface area contributed by atoms with E-state index in [2.05, 4.69) is 22.2 Å². The molecule has 0 aliphatic heterocycles. The number of halogens is 1. The lowest BCUT2D eigenvalue weighted by Crippen LogP contribution is -2.19. The smallest absolute Gasteiger partial charge is 0.145 e. The number of nitrogens with one attached hydrogen (secondary N) is 1. The average molecular weight is 281 g/mol. The van der Waals surface area contributed by atoms with Gasteiger partial charge in [-0.1, -0.05) is 24.3 Å². The molecule has 106 valence electrons. The Morgan fingerprint density at radius 1 is 1.05 bits per heavy atom. The predicted octanol–water partition coefficient (Wildman–Crippen LogP) is 3.81. The van der Waals surface area contributed by atoms with Gasteiger partial charge in [-0.25, -0.2) is 9.37 Å². The Morgan fingerprint density at radius 3 is 2.52 bits per heavy atom. The second kappa shape index (κ2) is 5.87. The van der Waals surface area contributed by atoms with Gasteiger partial charge in [0.15, 0.2) is 0 Å². The summed E-state index contributed by atoms with van der Waals surface area (Å²) in [6, 6.07) is 14.5. The van der Waals surface area contributed by atoms with E-state index in [4.69, 9.17) is 0 Å². The molecular formula is C17H16FN3. The van der Waals surface area contributed by atoms with Gasteiger partial charge in [-0.05, 0) is 43.2 Å². The third kappa shape index (κ3) is 3.34. The van der Waals surface area contributed by atoms with E-state index in [1.165, 1.54) is 12.1 Å². The van der Waals surface area contributed by atoms with E-state index in [9.17, 15) is 4.39 Å². The fourth-order valence-corrected chi connectivity index (χ4v) is 2.30. The molecule has 1 atom stereocenters. The summed E-state index contributed by atoms with van der Waals surface area (Å²) < 4.78 is 12.9. The van der Waals surface area contributed by atoms with E-state index in [1.54, 1.807) is 18.3 Å². The second-order valence-corrected chi connectivity index (χ2v) is 5.12. The summed E-state index contributed by atoms with van der Waals surface area (Å²) in [4.78, 5) is 8.92. The number of para-hydroxylation sites is 2. The van der Waals surface area contributed by atoms with Crippen LogP contribution in [0.1, 0.15) is 12.5 Å². The summed E-state index contributed by atoms with van der Waals surface area (Å²) in [5.41, 5.74) is 2.84. The standard InChI is InChI=1S/C17H16FN3/c1-12(10-13-6-8-14(18)9-7-13)20-17-11-19-15-4-2-3-5-16(15)21-17/h2-9,11-12H,10H2,1H3,(H,20,21). The molecule has 0 aliphatic rings. The lowest BCUT2D eigenvalue weighted by Gasteiger charge is -2.14. The molecule has 0 amide bonds. The molecule has 0 fully saturated rings. The summed E-state index contributed by atoms with van der Waals surface area (Å²) in [5, 5.41) is 3.33. The Labute approximate surface area is 122 Å². The highest BCUT2D eigenvalue weighted by atomic mass is 19.1. The topological polar surface area (TPSA) is 37.8 Å². The number of hydrogen-bond donors (Lipinski definition) is 1. The molecule has 21 heavy (non-hydrogen) atoms. The summed E-state index contributed by atoms with van der Waals surface area (Å²) in [7, 11) is 0. The number of fused-ring (bicyclic) bond motifs is 1. The van der Waals surface area contributed by atoms with Gasteiger partial charge in [-0.15, -0.1) is 0 Å². The molecule has 1 unspecified atom stereocenters. The number of anilines is 1. The van der Waals surface area contributed by atoms with Gasteiger partial charge in [-0.2, -0.15) is 0 Å². The molecule has 0 spiro atoms. The summed E-state index contributed by atoms with van der Waals surface area (Å²) in [6.45, 7) is 2.07. The molecule has 0 bridgehead atoms. The maximum Gasteiger partial charge on any atom is 0.145 e. The first kappa shape index (κ1) is 13.5. The van der Waals surface area contributed by atoms with E-state index < -0.39 is 0 Å². The van der Waals surface area contributed by atoms with Crippen molar-refractivity contribution in [1.82, 2.24) is 9.97 Å². The molecular weight excluding hydrogens is 265 g/mol. The van der Waals surface area contributed by atoms with Crippen molar-refractivity contribution in [3.8, 4) is 0 Å². The van der Waals surface area contributed by atoms with Gasteiger partial charge >= 0.3 is 0 Å². The largest absolute Gasteiger partial charge is 0.366 e. The van der Waals surface area contributed by atoms with E-state index in [0.717, 1.165) is 28.8 Å². The third-order valence-electron chi connectivity index (χ3n) is 3.30. The zero-order valence-corrected chi connectivity index (χ0v) is 11.8. The van der Waals surface area contributed by atoms with Gasteiger partial charge in [0, 0.05) is 6.04 Å². The Kier molecular flexibility index (Phi) is 3.77. The Balaban J connectivity index is 1.70.